The second-order valence-electron chi connectivity index (χ2n) is 6.21. The van der Waals surface area contributed by atoms with E-state index in [4.69, 9.17) is 4.74 Å². The van der Waals surface area contributed by atoms with E-state index in [9.17, 15) is 23.2 Å². The number of benzene rings is 2. The highest BCUT2D eigenvalue weighted by atomic mass is 19.1. The first kappa shape index (κ1) is 20.1. The number of halogens is 2. The number of esters is 1. The zero-order valence-corrected chi connectivity index (χ0v) is 15.4. The monoisotopic (exact) mass is 401 g/mol. The maximum absolute atomic E-state index is 13.5. The van der Waals surface area contributed by atoms with Crippen molar-refractivity contribution in [3.63, 3.8) is 0 Å². The first-order chi connectivity index (χ1) is 13.9. The molecule has 1 amide bonds. The average molecular weight is 401 g/mol. The van der Waals surface area contributed by atoms with Crippen LogP contribution < -0.4 is 10.9 Å². The third-order valence-electron chi connectivity index (χ3n) is 4.22. The molecule has 1 aromatic heterocycles. The predicted octanol–water partition coefficient (Wildman–Crippen LogP) is 2.33. The zero-order valence-electron chi connectivity index (χ0n) is 15.4. The molecule has 7 nitrogen and oxygen atoms in total. The molecule has 0 radical (unpaired) electrons. The van der Waals surface area contributed by atoms with E-state index in [-0.39, 0.29) is 18.4 Å². The van der Waals surface area contributed by atoms with Gasteiger partial charge in [-0.15, -0.1) is 0 Å². The summed E-state index contributed by atoms with van der Waals surface area (Å²) in [4.78, 5) is 40.4. The number of aromatic nitrogens is 2. The Morgan fingerprint density at radius 3 is 2.52 bits per heavy atom. The molecule has 0 saturated carbocycles. The van der Waals surface area contributed by atoms with Gasteiger partial charge in [0, 0.05) is 13.5 Å². The summed E-state index contributed by atoms with van der Waals surface area (Å²) in [5.74, 6) is -3.07. The van der Waals surface area contributed by atoms with Gasteiger partial charge in [-0.05, 0) is 24.3 Å². The van der Waals surface area contributed by atoms with Crippen LogP contribution in [0, 0.1) is 11.6 Å². The summed E-state index contributed by atoms with van der Waals surface area (Å²) in [5, 5.41) is 2.49. The van der Waals surface area contributed by atoms with Crippen molar-refractivity contribution in [2.45, 2.75) is 12.8 Å². The fourth-order valence-corrected chi connectivity index (χ4v) is 2.71. The van der Waals surface area contributed by atoms with E-state index in [0.29, 0.717) is 16.7 Å². The maximum Gasteiger partial charge on any atom is 0.306 e. The van der Waals surface area contributed by atoms with Crippen molar-refractivity contribution in [3.05, 3.63) is 70.3 Å². The second kappa shape index (κ2) is 8.59. The number of carbonyl (C=O) groups is 2. The van der Waals surface area contributed by atoms with Crippen LogP contribution in [0.25, 0.3) is 10.9 Å². The fraction of sp³-hybridized carbons (Fsp3) is 0.200. The summed E-state index contributed by atoms with van der Waals surface area (Å²) in [5.41, 5.74) is -0.320. The Labute approximate surface area is 163 Å². The molecule has 0 aliphatic rings. The summed E-state index contributed by atoms with van der Waals surface area (Å²) < 4.78 is 33.2. The van der Waals surface area contributed by atoms with Crippen LogP contribution in [0.2, 0.25) is 0 Å². The van der Waals surface area contributed by atoms with Crippen LogP contribution in [-0.2, 0) is 27.8 Å². The number of aryl methyl sites for hydroxylation is 1. The normalized spacial score (nSPS) is 10.7. The molecular weight excluding hydrogens is 384 g/mol. The smallest absolute Gasteiger partial charge is 0.306 e. The van der Waals surface area contributed by atoms with Gasteiger partial charge in [0.25, 0.3) is 11.5 Å². The minimum Gasteiger partial charge on any atom is -0.456 e. The molecule has 9 heteroatoms. The van der Waals surface area contributed by atoms with Crippen LogP contribution >= 0.6 is 0 Å². The highest BCUT2D eigenvalue weighted by Crippen LogP contribution is 2.17. The van der Waals surface area contributed by atoms with Crippen LogP contribution in [0.3, 0.4) is 0 Å². The van der Waals surface area contributed by atoms with Crippen LogP contribution in [-0.4, -0.2) is 28.0 Å². The van der Waals surface area contributed by atoms with Crippen LogP contribution in [0.1, 0.15) is 12.2 Å². The van der Waals surface area contributed by atoms with E-state index in [0.717, 1.165) is 18.2 Å². The molecule has 0 bridgehead atoms. The largest absolute Gasteiger partial charge is 0.456 e. The van der Waals surface area contributed by atoms with E-state index in [1.54, 1.807) is 31.3 Å². The van der Waals surface area contributed by atoms with Crippen molar-refractivity contribution >= 4 is 28.5 Å². The molecule has 0 atom stereocenters. The summed E-state index contributed by atoms with van der Waals surface area (Å²) in [6.07, 6.45) is -0.00106. The molecule has 29 heavy (non-hydrogen) atoms. The number of carbonyl (C=O) groups excluding carboxylic acids is 2. The van der Waals surface area contributed by atoms with Crippen LogP contribution in [0.15, 0.2) is 47.3 Å². The molecular formula is C20H17F2N3O4. The zero-order chi connectivity index (χ0) is 21.0. The lowest BCUT2D eigenvalue weighted by molar-refractivity contribution is -0.147. The lowest BCUT2D eigenvalue weighted by atomic mass is 10.2. The van der Waals surface area contributed by atoms with Crippen molar-refractivity contribution in [1.29, 1.82) is 0 Å². The Morgan fingerprint density at radius 2 is 1.79 bits per heavy atom. The number of nitrogens with zero attached hydrogens (tertiary/aromatic N) is 2. The summed E-state index contributed by atoms with van der Waals surface area (Å²) >= 11 is 0. The number of fused-ring (bicyclic) bond motifs is 1. The average Bonchev–Trinajstić information content (AvgIpc) is 2.71. The van der Waals surface area contributed by atoms with Crippen LogP contribution in [0.5, 0.6) is 0 Å². The van der Waals surface area contributed by atoms with Gasteiger partial charge >= 0.3 is 5.97 Å². The highest BCUT2D eigenvalue weighted by molar-refractivity contribution is 5.93. The number of hydrogen-bond acceptors (Lipinski definition) is 5. The van der Waals surface area contributed by atoms with E-state index >= 15 is 0 Å². The molecule has 3 rings (SSSR count). The van der Waals surface area contributed by atoms with Gasteiger partial charge in [0.05, 0.1) is 17.3 Å². The Bertz CT molecular complexity index is 1120. The van der Waals surface area contributed by atoms with Gasteiger partial charge in [0.1, 0.15) is 23.1 Å². The molecule has 0 spiro atoms. The first-order valence-electron chi connectivity index (χ1n) is 8.71. The van der Waals surface area contributed by atoms with E-state index in [1.807, 2.05) is 5.32 Å². The number of anilines is 1. The van der Waals surface area contributed by atoms with Crippen molar-refractivity contribution in [2.24, 2.45) is 7.05 Å². The number of ether oxygens (including phenoxy) is 1. The molecule has 0 aliphatic heterocycles. The Kier molecular flexibility index (Phi) is 5.96. The van der Waals surface area contributed by atoms with Gasteiger partial charge in [-0.1, -0.05) is 18.2 Å². The topological polar surface area (TPSA) is 90.3 Å². The SMILES string of the molecule is Cn1c(CCC(=O)OCC(=O)Nc2c(F)cccc2F)nc2ccccc2c1=O. The molecule has 1 N–H and O–H groups in total. The predicted molar refractivity (Wildman–Crippen MR) is 101 cm³/mol. The van der Waals surface area contributed by atoms with Crippen molar-refractivity contribution in [2.75, 3.05) is 11.9 Å². The molecule has 0 unspecified atom stereocenters. The maximum atomic E-state index is 13.5. The third-order valence-corrected chi connectivity index (χ3v) is 4.22. The van der Waals surface area contributed by atoms with E-state index < -0.39 is 35.8 Å². The molecule has 1 heterocycles. The Balaban J connectivity index is 1.57. The number of rotatable bonds is 6. The van der Waals surface area contributed by atoms with Crippen LogP contribution in [0.4, 0.5) is 14.5 Å². The fourth-order valence-electron chi connectivity index (χ4n) is 2.71. The molecule has 0 saturated heterocycles. The van der Waals surface area contributed by atoms with Crippen molar-refractivity contribution < 1.29 is 23.1 Å². The van der Waals surface area contributed by atoms with Gasteiger partial charge < -0.3 is 10.1 Å². The minimum atomic E-state index is -0.937. The third kappa shape index (κ3) is 4.63. The quantitative estimate of drug-likeness (QED) is 0.641. The number of para-hydroxylation sites is 2. The number of amides is 1. The number of nitrogens with one attached hydrogen (secondary N) is 1. The van der Waals surface area contributed by atoms with Gasteiger partial charge in [-0.2, -0.15) is 0 Å². The lowest BCUT2D eigenvalue weighted by Gasteiger charge is -2.10. The van der Waals surface area contributed by atoms with E-state index in [2.05, 4.69) is 4.98 Å². The van der Waals surface area contributed by atoms with Gasteiger partial charge in [0.2, 0.25) is 0 Å². The first-order valence-corrected chi connectivity index (χ1v) is 8.71. The summed E-state index contributed by atoms with van der Waals surface area (Å²) in [6, 6.07) is 10.0. The van der Waals surface area contributed by atoms with Gasteiger partial charge in [-0.3, -0.25) is 19.0 Å². The molecule has 0 fully saturated rings. The number of hydrogen-bond donors (Lipinski definition) is 1. The summed E-state index contributed by atoms with van der Waals surface area (Å²) in [6.45, 7) is -0.698. The summed E-state index contributed by atoms with van der Waals surface area (Å²) in [7, 11) is 1.55. The highest BCUT2D eigenvalue weighted by Gasteiger charge is 2.15. The Morgan fingerprint density at radius 1 is 1.10 bits per heavy atom. The second-order valence-corrected chi connectivity index (χ2v) is 6.21. The van der Waals surface area contributed by atoms with Gasteiger partial charge in [0.15, 0.2) is 6.61 Å². The lowest BCUT2D eigenvalue weighted by Crippen LogP contribution is -2.24. The molecule has 3 aromatic rings. The molecule has 2 aromatic carbocycles. The van der Waals surface area contributed by atoms with Crippen molar-refractivity contribution in [3.8, 4) is 0 Å². The standard InChI is InChI=1S/C20H17F2N3O4/c1-25-16(23-15-8-3-2-5-12(15)20(25)28)9-10-18(27)29-11-17(26)24-19-13(21)6-4-7-14(19)22/h2-8H,9-11H2,1H3,(H,24,26). The van der Waals surface area contributed by atoms with E-state index in [1.165, 1.54) is 4.57 Å². The Hall–Kier alpha value is -3.62. The minimum absolute atomic E-state index is 0.124. The van der Waals surface area contributed by atoms with Crippen molar-refractivity contribution in [1.82, 2.24) is 9.55 Å². The molecule has 150 valence electrons. The van der Waals surface area contributed by atoms with Gasteiger partial charge in [-0.25, -0.2) is 13.8 Å². The molecule has 0 aliphatic carbocycles.